The molecule has 13 nitrogen and oxygen atoms in total. The number of carbonyl (C=O) groups excluding carboxylic acids is 3. The summed E-state index contributed by atoms with van der Waals surface area (Å²) in [6.07, 6.45) is 4.96. The highest BCUT2D eigenvalue weighted by Gasteiger charge is 2.34. The lowest BCUT2D eigenvalue weighted by Crippen LogP contribution is -2.35. The van der Waals surface area contributed by atoms with Crippen LogP contribution in [-0.2, 0) is 4.74 Å². The predicted molar refractivity (Wildman–Crippen MR) is 204 cm³/mol. The fraction of sp³-hybridized carbons (Fsp3) is 0.366. The van der Waals surface area contributed by atoms with E-state index in [-0.39, 0.29) is 35.7 Å². The largest absolute Gasteiger partial charge is 0.493 e. The Morgan fingerprint density at radius 2 is 1.67 bits per heavy atom. The molecule has 3 aliphatic rings. The van der Waals surface area contributed by atoms with Crippen molar-refractivity contribution in [3.63, 3.8) is 0 Å². The van der Waals surface area contributed by atoms with Crippen LogP contribution in [0.15, 0.2) is 77.8 Å². The molecule has 0 saturated carbocycles. The zero-order valence-corrected chi connectivity index (χ0v) is 30.9. The fourth-order valence-electron chi connectivity index (χ4n) is 6.60. The SMILES string of the molecule is C=C(CCC1OC(=O)c2ccccc2O1)CN(C)C(=O)c1cc(OC)c(OCCCCCOc2cc3c(cc2OC)C(=O)N2CC(=C)C[C@H]2C=N3)cc1N. The van der Waals surface area contributed by atoms with Crippen molar-refractivity contribution in [1.82, 2.24) is 9.80 Å². The molecule has 0 aromatic heterocycles. The first-order valence-corrected chi connectivity index (χ1v) is 17.9. The van der Waals surface area contributed by atoms with Crippen LogP contribution in [0.1, 0.15) is 69.6 Å². The smallest absolute Gasteiger partial charge is 0.345 e. The number of likely N-dealkylation sites (N-methyl/N-ethyl adjacent to an activating group) is 1. The lowest BCUT2D eigenvalue weighted by atomic mass is 10.1. The molecule has 1 unspecified atom stereocenters. The molecule has 2 amide bonds. The standard InChI is InChI=1S/C41H46N4O9/c1-25(13-14-38-53-33-12-8-7-11-28(33)41(48)54-38)23-44(3)39(46)29-18-34(49-4)36(20-31(29)42)51-15-9-6-10-16-52-37-21-32-30(19-35(37)50-5)40(47)45-24-26(2)17-27(45)22-43-32/h7-8,11-12,18-22,27,38H,1-2,6,9-10,13-17,23-24,42H2,3-5H3/t27-,38?/m0/s1. The minimum absolute atomic E-state index is 0.0881. The van der Waals surface area contributed by atoms with E-state index in [2.05, 4.69) is 18.2 Å². The number of nitrogens with two attached hydrogens (primary N) is 1. The first-order chi connectivity index (χ1) is 26.1. The van der Waals surface area contributed by atoms with Gasteiger partial charge in [-0.2, -0.15) is 0 Å². The number of aliphatic imine (C=N–C) groups is 1. The second-order valence-electron chi connectivity index (χ2n) is 13.5. The van der Waals surface area contributed by atoms with Crippen LogP contribution >= 0.6 is 0 Å². The number of methoxy groups -OCH3 is 2. The van der Waals surface area contributed by atoms with Gasteiger partial charge in [0.15, 0.2) is 23.0 Å². The number of benzene rings is 3. The van der Waals surface area contributed by atoms with Crippen LogP contribution < -0.4 is 29.4 Å². The van der Waals surface area contributed by atoms with Crippen LogP contribution in [0.3, 0.4) is 0 Å². The minimum Gasteiger partial charge on any atom is -0.493 e. The summed E-state index contributed by atoms with van der Waals surface area (Å²) in [4.78, 5) is 46.8. The summed E-state index contributed by atoms with van der Waals surface area (Å²) < 4.78 is 34.4. The highest BCUT2D eigenvalue weighted by molar-refractivity contribution is 6.04. The lowest BCUT2D eigenvalue weighted by molar-refractivity contribution is -0.0634. The van der Waals surface area contributed by atoms with Crippen molar-refractivity contribution in [3.05, 3.63) is 89.5 Å². The van der Waals surface area contributed by atoms with Gasteiger partial charge in [0.2, 0.25) is 6.29 Å². The summed E-state index contributed by atoms with van der Waals surface area (Å²) in [5.74, 6) is 1.50. The van der Waals surface area contributed by atoms with Crippen molar-refractivity contribution in [2.24, 2.45) is 4.99 Å². The van der Waals surface area contributed by atoms with E-state index < -0.39 is 12.3 Å². The van der Waals surface area contributed by atoms with Crippen molar-refractivity contribution in [2.45, 2.75) is 50.9 Å². The van der Waals surface area contributed by atoms with Gasteiger partial charge in [0.1, 0.15) is 11.3 Å². The molecule has 3 heterocycles. The Kier molecular flexibility index (Phi) is 11.7. The van der Waals surface area contributed by atoms with E-state index in [0.717, 1.165) is 30.4 Å². The minimum atomic E-state index is -0.732. The molecule has 13 heteroatoms. The Balaban J connectivity index is 0.943. The molecule has 2 N–H and O–H groups in total. The van der Waals surface area contributed by atoms with Crippen molar-refractivity contribution in [2.75, 3.05) is 53.3 Å². The number of nitrogen functional groups attached to an aromatic ring is 1. The van der Waals surface area contributed by atoms with Crippen molar-refractivity contribution >= 4 is 35.4 Å². The number of amides is 2. The van der Waals surface area contributed by atoms with E-state index in [9.17, 15) is 14.4 Å². The van der Waals surface area contributed by atoms with E-state index in [1.54, 1.807) is 73.8 Å². The molecule has 54 heavy (non-hydrogen) atoms. The van der Waals surface area contributed by atoms with Gasteiger partial charge in [0.05, 0.1) is 50.3 Å². The third kappa shape index (κ3) is 8.46. The monoisotopic (exact) mass is 738 g/mol. The van der Waals surface area contributed by atoms with Crippen LogP contribution in [0.2, 0.25) is 0 Å². The molecule has 2 atom stereocenters. The summed E-state index contributed by atoms with van der Waals surface area (Å²) in [5.41, 5.74) is 10.1. The molecule has 1 saturated heterocycles. The maximum atomic E-state index is 13.4. The Morgan fingerprint density at radius 1 is 0.963 bits per heavy atom. The Bertz CT molecular complexity index is 1980. The highest BCUT2D eigenvalue weighted by Crippen LogP contribution is 2.39. The number of nitrogens with zero attached hydrogens (tertiary/aromatic N) is 3. The highest BCUT2D eigenvalue weighted by atomic mass is 16.7. The van der Waals surface area contributed by atoms with E-state index in [4.69, 9.17) is 34.2 Å². The van der Waals surface area contributed by atoms with E-state index in [1.807, 2.05) is 0 Å². The van der Waals surface area contributed by atoms with E-state index in [1.165, 1.54) is 12.0 Å². The number of fused-ring (bicyclic) bond motifs is 3. The third-order valence-corrected chi connectivity index (χ3v) is 9.47. The van der Waals surface area contributed by atoms with Crippen LogP contribution in [-0.4, -0.2) is 93.7 Å². The van der Waals surface area contributed by atoms with Crippen LogP contribution in [0.4, 0.5) is 11.4 Å². The molecular weight excluding hydrogens is 692 g/mol. The topological polar surface area (TPSA) is 151 Å². The third-order valence-electron chi connectivity index (χ3n) is 9.47. The number of esters is 1. The van der Waals surface area contributed by atoms with Crippen molar-refractivity contribution < 1.29 is 42.8 Å². The number of cyclic esters (lactones) is 1. The molecular formula is C41H46N4O9. The van der Waals surface area contributed by atoms with Crippen molar-refractivity contribution in [1.29, 1.82) is 0 Å². The molecule has 0 bridgehead atoms. The van der Waals surface area contributed by atoms with E-state index in [0.29, 0.717) is 84.6 Å². The van der Waals surface area contributed by atoms with E-state index >= 15 is 0 Å². The van der Waals surface area contributed by atoms with Crippen LogP contribution in [0.5, 0.6) is 28.7 Å². The fourth-order valence-corrected chi connectivity index (χ4v) is 6.60. The van der Waals surface area contributed by atoms with Crippen LogP contribution in [0.25, 0.3) is 0 Å². The van der Waals surface area contributed by atoms with Gasteiger partial charge in [-0.1, -0.05) is 36.4 Å². The molecule has 0 aliphatic carbocycles. The number of hydrogen-bond acceptors (Lipinski definition) is 11. The molecule has 0 radical (unpaired) electrons. The van der Waals surface area contributed by atoms with Gasteiger partial charge in [0, 0.05) is 50.6 Å². The first kappa shape index (κ1) is 37.8. The maximum absolute atomic E-state index is 13.4. The molecule has 6 rings (SSSR count). The zero-order valence-electron chi connectivity index (χ0n) is 30.9. The number of carbonyl (C=O) groups is 3. The quantitative estimate of drug-likeness (QED) is 0.0758. The second-order valence-corrected chi connectivity index (χ2v) is 13.5. The number of para-hydroxylation sites is 1. The van der Waals surface area contributed by atoms with Gasteiger partial charge in [-0.05, 0) is 56.4 Å². The van der Waals surface area contributed by atoms with Gasteiger partial charge in [0.25, 0.3) is 11.8 Å². The number of hydrogen-bond donors (Lipinski definition) is 1. The molecule has 284 valence electrons. The molecule has 3 aromatic rings. The van der Waals surface area contributed by atoms with Crippen LogP contribution in [0, 0.1) is 0 Å². The second kappa shape index (κ2) is 16.8. The summed E-state index contributed by atoms with van der Waals surface area (Å²) >= 11 is 0. The summed E-state index contributed by atoms with van der Waals surface area (Å²) in [6, 6.07) is 13.5. The maximum Gasteiger partial charge on any atom is 0.345 e. The van der Waals surface area contributed by atoms with Gasteiger partial charge >= 0.3 is 5.97 Å². The zero-order chi connectivity index (χ0) is 38.4. The Labute approximate surface area is 314 Å². The summed E-state index contributed by atoms with van der Waals surface area (Å²) in [6.45, 7) is 9.76. The lowest BCUT2D eigenvalue weighted by Gasteiger charge is -2.26. The molecule has 3 aromatic carbocycles. The van der Waals surface area contributed by atoms with Gasteiger partial charge in [-0.15, -0.1) is 0 Å². The number of unbranched alkanes of at least 4 members (excludes halogenated alkanes) is 2. The molecule has 1 fully saturated rings. The number of ether oxygens (including phenoxy) is 6. The first-order valence-electron chi connectivity index (χ1n) is 17.9. The van der Waals surface area contributed by atoms with Gasteiger partial charge in [-0.25, -0.2) is 4.79 Å². The van der Waals surface area contributed by atoms with Crippen molar-refractivity contribution in [3.8, 4) is 28.7 Å². The average Bonchev–Trinajstić information content (AvgIpc) is 3.50. The predicted octanol–water partition coefficient (Wildman–Crippen LogP) is 6.38. The number of anilines is 1. The number of rotatable bonds is 16. The normalized spacial score (nSPS) is 17.0. The summed E-state index contributed by atoms with van der Waals surface area (Å²) in [7, 11) is 4.72. The average molecular weight is 739 g/mol. The Hall–Kier alpha value is -5.98. The van der Waals surface area contributed by atoms with Gasteiger partial charge < -0.3 is 44.0 Å². The molecule has 3 aliphatic heterocycles. The van der Waals surface area contributed by atoms with Gasteiger partial charge in [-0.3, -0.25) is 14.6 Å². The Morgan fingerprint density at radius 3 is 2.41 bits per heavy atom. The summed E-state index contributed by atoms with van der Waals surface area (Å²) in [5, 5.41) is 0. The molecule has 0 spiro atoms.